The quantitative estimate of drug-likeness (QED) is 0.814. The second kappa shape index (κ2) is 7.55. The fourth-order valence-corrected chi connectivity index (χ4v) is 2.93. The van der Waals surface area contributed by atoms with Gasteiger partial charge in [-0.05, 0) is 55.0 Å². The van der Waals surface area contributed by atoms with Crippen LogP contribution in [-0.2, 0) is 28.8 Å². The van der Waals surface area contributed by atoms with Gasteiger partial charge in [-0.3, -0.25) is 4.79 Å². The van der Waals surface area contributed by atoms with Crippen LogP contribution in [0, 0.1) is 11.6 Å². The third kappa shape index (κ3) is 4.29. The van der Waals surface area contributed by atoms with Crippen molar-refractivity contribution in [2.24, 2.45) is 0 Å². The lowest BCUT2D eigenvalue weighted by Gasteiger charge is -2.11. The highest BCUT2D eigenvalue weighted by atomic mass is 19.2. The number of nitrogens with zero attached hydrogens (tertiary/aromatic N) is 2. The number of hydrogen-bond donors (Lipinski definition) is 1. The van der Waals surface area contributed by atoms with Gasteiger partial charge in [-0.15, -0.1) is 0 Å². The maximum absolute atomic E-state index is 13.3. The number of aromatic nitrogens is 2. The molecule has 0 saturated heterocycles. The van der Waals surface area contributed by atoms with Crippen molar-refractivity contribution >= 4 is 11.9 Å². The molecule has 5 nitrogen and oxygen atoms in total. The van der Waals surface area contributed by atoms with Crippen LogP contribution in [0.1, 0.15) is 30.0 Å². The molecule has 0 aliphatic heterocycles. The molecule has 1 aromatic carbocycles. The number of carbonyl (C=O) groups excluding carboxylic acids is 1. The van der Waals surface area contributed by atoms with Crippen LogP contribution in [0.25, 0.3) is 0 Å². The standard InChI is InChI=1S/C18H19F2N3O2/c1-2-25-17(24)4-3-11-9-21-18(22-10-11)23-14-5-12-7-15(19)16(20)8-13(12)6-14/h7-10,14H,2-6H2,1H3,(H,21,22,23). The minimum Gasteiger partial charge on any atom is -0.466 e. The zero-order chi connectivity index (χ0) is 17.8. The topological polar surface area (TPSA) is 64.1 Å². The second-order valence-electron chi connectivity index (χ2n) is 6.00. The molecule has 0 unspecified atom stereocenters. The van der Waals surface area contributed by atoms with Gasteiger partial charge < -0.3 is 10.1 Å². The Bertz CT molecular complexity index is 735. The molecule has 0 bridgehead atoms. The summed E-state index contributed by atoms with van der Waals surface area (Å²) in [6, 6.07) is 2.51. The molecule has 0 fully saturated rings. The van der Waals surface area contributed by atoms with E-state index >= 15 is 0 Å². The van der Waals surface area contributed by atoms with Gasteiger partial charge in [0.05, 0.1) is 6.61 Å². The average molecular weight is 347 g/mol. The zero-order valence-electron chi connectivity index (χ0n) is 13.9. The van der Waals surface area contributed by atoms with Crippen LogP contribution in [0.5, 0.6) is 0 Å². The summed E-state index contributed by atoms with van der Waals surface area (Å²) in [7, 11) is 0. The summed E-state index contributed by atoms with van der Waals surface area (Å²) in [5.74, 6) is -1.42. The Hall–Kier alpha value is -2.57. The van der Waals surface area contributed by atoms with Gasteiger partial charge in [0.25, 0.3) is 0 Å². The highest BCUT2D eigenvalue weighted by Gasteiger charge is 2.24. The van der Waals surface area contributed by atoms with Crippen molar-refractivity contribution in [3.8, 4) is 0 Å². The van der Waals surface area contributed by atoms with Crippen molar-refractivity contribution in [3.63, 3.8) is 0 Å². The van der Waals surface area contributed by atoms with Gasteiger partial charge in [0.15, 0.2) is 11.6 Å². The Morgan fingerprint density at radius 2 is 1.80 bits per heavy atom. The highest BCUT2D eigenvalue weighted by molar-refractivity contribution is 5.69. The largest absolute Gasteiger partial charge is 0.466 e. The summed E-state index contributed by atoms with van der Waals surface area (Å²) in [6.07, 6.45) is 5.33. The molecule has 1 aromatic heterocycles. The van der Waals surface area contributed by atoms with Crippen molar-refractivity contribution in [2.75, 3.05) is 11.9 Å². The summed E-state index contributed by atoms with van der Waals surface area (Å²) in [4.78, 5) is 19.8. The van der Waals surface area contributed by atoms with Crippen molar-refractivity contribution < 1.29 is 18.3 Å². The summed E-state index contributed by atoms with van der Waals surface area (Å²) >= 11 is 0. The molecule has 132 valence electrons. The van der Waals surface area contributed by atoms with Gasteiger partial charge in [0, 0.05) is 24.9 Å². The van der Waals surface area contributed by atoms with E-state index in [0.717, 1.165) is 16.7 Å². The second-order valence-corrected chi connectivity index (χ2v) is 6.00. The normalized spacial score (nSPS) is 13.6. The number of fused-ring (bicyclic) bond motifs is 1. The summed E-state index contributed by atoms with van der Waals surface area (Å²) in [6.45, 7) is 2.14. The SMILES string of the molecule is CCOC(=O)CCc1cnc(NC2Cc3cc(F)c(F)cc3C2)nc1. The number of hydrogen-bond acceptors (Lipinski definition) is 5. The number of rotatable bonds is 6. The van der Waals surface area contributed by atoms with E-state index in [4.69, 9.17) is 4.74 Å². The molecule has 25 heavy (non-hydrogen) atoms. The minimum absolute atomic E-state index is 0.00146. The predicted molar refractivity (Wildman–Crippen MR) is 88.2 cm³/mol. The van der Waals surface area contributed by atoms with E-state index in [-0.39, 0.29) is 12.0 Å². The molecule has 7 heteroatoms. The molecular formula is C18H19F2N3O2. The number of carbonyl (C=O) groups is 1. The number of aryl methyl sites for hydroxylation is 1. The van der Waals surface area contributed by atoms with Crippen molar-refractivity contribution in [2.45, 2.75) is 38.6 Å². The number of benzene rings is 1. The van der Waals surface area contributed by atoms with Crippen LogP contribution in [-0.4, -0.2) is 28.6 Å². The van der Waals surface area contributed by atoms with Gasteiger partial charge in [-0.1, -0.05) is 0 Å². The maximum Gasteiger partial charge on any atom is 0.306 e. The van der Waals surface area contributed by atoms with Crippen LogP contribution >= 0.6 is 0 Å². The molecule has 2 aromatic rings. The van der Waals surface area contributed by atoms with E-state index in [1.165, 1.54) is 12.1 Å². The lowest BCUT2D eigenvalue weighted by molar-refractivity contribution is -0.143. The van der Waals surface area contributed by atoms with E-state index in [1.54, 1.807) is 19.3 Å². The molecule has 1 aliphatic rings. The molecule has 0 radical (unpaired) electrons. The summed E-state index contributed by atoms with van der Waals surface area (Å²) < 4.78 is 31.5. The first-order valence-corrected chi connectivity index (χ1v) is 8.25. The van der Waals surface area contributed by atoms with Gasteiger partial charge in [0.1, 0.15) is 0 Å². The smallest absolute Gasteiger partial charge is 0.306 e. The van der Waals surface area contributed by atoms with Crippen LogP contribution < -0.4 is 5.32 Å². The lowest BCUT2D eigenvalue weighted by Crippen LogP contribution is -2.21. The Labute approximate surface area is 144 Å². The Morgan fingerprint density at radius 3 is 2.36 bits per heavy atom. The number of anilines is 1. The zero-order valence-corrected chi connectivity index (χ0v) is 13.9. The van der Waals surface area contributed by atoms with Gasteiger partial charge in [-0.2, -0.15) is 0 Å². The predicted octanol–water partition coefficient (Wildman–Crippen LogP) is 2.83. The van der Waals surface area contributed by atoms with Crippen molar-refractivity contribution in [1.82, 2.24) is 9.97 Å². The van der Waals surface area contributed by atoms with Crippen molar-refractivity contribution in [3.05, 3.63) is 52.9 Å². The first-order valence-electron chi connectivity index (χ1n) is 8.25. The molecule has 1 N–H and O–H groups in total. The number of nitrogens with one attached hydrogen (secondary N) is 1. The van der Waals surface area contributed by atoms with Gasteiger partial charge in [0.2, 0.25) is 5.95 Å². The number of halogens is 2. The first kappa shape index (κ1) is 17.3. The number of ether oxygens (including phenoxy) is 1. The molecule has 3 rings (SSSR count). The third-order valence-corrected chi connectivity index (χ3v) is 4.14. The lowest BCUT2D eigenvalue weighted by atomic mass is 10.1. The van der Waals surface area contributed by atoms with E-state index in [2.05, 4.69) is 15.3 Å². The number of esters is 1. The minimum atomic E-state index is -0.818. The van der Waals surface area contributed by atoms with E-state index < -0.39 is 11.6 Å². The van der Waals surface area contributed by atoms with Crippen LogP contribution in [0.3, 0.4) is 0 Å². The monoisotopic (exact) mass is 347 g/mol. The maximum atomic E-state index is 13.3. The Balaban J connectivity index is 1.55. The van der Waals surface area contributed by atoms with Crippen LogP contribution in [0.4, 0.5) is 14.7 Å². The third-order valence-electron chi connectivity index (χ3n) is 4.14. The molecular weight excluding hydrogens is 328 g/mol. The van der Waals surface area contributed by atoms with E-state index in [9.17, 15) is 13.6 Å². The summed E-state index contributed by atoms with van der Waals surface area (Å²) in [5.41, 5.74) is 2.46. The fourth-order valence-electron chi connectivity index (χ4n) is 2.93. The first-order chi connectivity index (χ1) is 12.0. The fraction of sp³-hybridized carbons (Fsp3) is 0.389. The highest BCUT2D eigenvalue weighted by Crippen LogP contribution is 2.26. The van der Waals surface area contributed by atoms with Crippen LogP contribution in [0.2, 0.25) is 0 Å². The Morgan fingerprint density at radius 1 is 1.20 bits per heavy atom. The molecule has 1 heterocycles. The molecule has 0 amide bonds. The van der Waals surface area contributed by atoms with E-state index in [0.29, 0.717) is 38.2 Å². The van der Waals surface area contributed by atoms with Gasteiger partial charge >= 0.3 is 5.97 Å². The average Bonchev–Trinajstić information content (AvgIpc) is 2.96. The van der Waals surface area contributed by atoms with Gasteiger partial charge in [-0.25, -0.2) is 18.7 Å². The molecule has 1 aliphatic carbocycles. The van der Waals surface area contributed by atoms with Crippen molar-refractivity contribution in [1.29, 1.82) is 0 Å². The molecule has 0 spiro atoms. The van der Waals surface area contributed by atoms with Crippen LogP contribution in [0.15, 0.2) is 24.5 Å². The van der Waals surface area contributed by atoms with E-state index in [1.807, 2.05) is 0 Å². The Kier molecular flexibility index (Phi) is 5.21. The molecule has 0 saturated carbocycles. The molecule has 0 atom stereocenters. The summed E-state index contributed by atoms with van der Waals surface area (Å²) in [5, 5.41) is 3.18.